The fourth-order valence-corrected chi connectivity index (χ4v) is 3.11. The first kappa shape index (κ1) is 33.5. The van der Waals surface area contributed by atoms with Crippen molar-refractivity contribution in [2.24, 2.45) is 0 Å². The molecule has 0 aliphatic carbocycles. The van der Waals surface area contributed by atoms with Crippen LogP contribution in [0.1, 0.15) is 79.2 Å². The van der Waals surface area contributed by atoms with Crippen LogP contribution in [0, 0.1) is 0 Å². The Hall–Kier alpha value is -3.54. The van der Waals surface area contributed by atoms with E-state index in [0.717, 1.165) is 12.8 Å². The van der Waals surface area contributed by atoms with E-state index in [1.165, 1.54) is 18.2 Å². The minimum atomic E-state index is -2.22. The zero-order chi connectivity index (χ0) is 29.4. The van der Waals surface area contributed by atoms with Crippen molar-refractivity contribution in [3.05, 3.63) is 23.8 Å². The molecule has 0 bridgehead atoms. The zero-order valence-corrected chi connectivity index (χ0v) is 23.6. The van der Waals surface area contributed by atoms with E-state index >= 15 is 0 Å². The van der Waals surface area contributed by atoms with Crippen molar-refractivity contribution in [1.29, 1.82) is 0 Å². The molecule has 0 aromatic heterocycles. The number of benzene rings is 1. The normalized spacial score (nSPS) is 13.1. The van der Waals surface area contributed by atoms with Gasteiger partial charge in [0.05, 0.1) is 19.3 Å². The molecule has 0 aliphatic rings. The standard InChI is InChI=1S/C27H41NO11/c1-7-10-14-34-24(31)37-21-13-12-20(16-22(21)38-25(32)35-15-11-8-2)17-27(23(29)30,28-19(6)9-3)39-26(33)36-18(4)5/h12-13,16,18-19,28H,7-11,14-15,17H2,1-6H3,(H,29,30)/t19?,27-/m0/s1. The highest BCUT2D eigenvalue weighted by atomic mass is 16.8. The molecule has 0 radical (unpaired) electrons. The van der Waals surface area contributed by atoms with Crippen LogP contribution in [-0.4, -0.2) is 60.6 Å². The fraction of sp³-hybridized carbons (Fsp3) is 0.630. The van der Waals surface area contributed by atoms with Gasteiger partial charge >= 0.3 is 24.4 Å². The molecule has 39 heavy (non-hydrogen) atoms. The van der Waals surface area contributed by atoms with E-state index in [4.69, 9.17) is 28.4 Å². The number of unbranched alkanes of at least 4 members (excludes halogenated alkanes) is 2. The summed E-state index contributed by atoms with van der Waals surface area (Å²) in [6.07, 6.45) is -0.750. The van der Waals surface area contributed by atoms with Gasteiger partial charge in [0.1, 0.15) is 0 Å². The van der Waals surface area contributed by atoms with Gasteiger partial charge in [0, 0.05) is 12.5 Å². The second-order valence-corrected chi connectivity index (χ2v) is 9.17. The lowest BCUT2D eigenvalue weighted by Crippen LogP contribution is -2.59. The number of nitrogens with one attached hydrogen (secondary N) is 1. The third-order valence-electron chi connectivity index (χ3n) is 5.31. The van der Waals surface area contributed by atoms with Crippen LogP contribution in [0.5, 0.6) is 11.5 Å². The Morgan fingerprint density at radius 2 is 1.44 bits per heavy atom. The molecule has 0 saturated heterocycles. The second-order valence-electron chi connectivity index (χ2n) is 9.17. The highest BCUT2D eigenvalue weighted by Gasteiger charge is 2.45. The van der Waals surface area contributed by atoms with Crippen molar-refractivity contribution in [3.63, 3.8) is 0 Å². The van der Waals surface area contributed by atoms with E-state index in [1.54, 1.807) is 20.8 Å². The summed E-state index contributed by atoms with van der Waals surface area (Å²) in [6.45, 7) is 10.9. The number of ether oxygens (including phenoxy) is 6. The Labute approximate surface area is 229 Å². The monoisotopic (exact) mass is 555 g/mol. The molecule has 1 unspecified atom stereocenters. The van der Waals surface area contributed by atoms with Gasteiger partial charge in [0.15, 0.2) is 11.5 Å². The van der Waals surface area contributed by atoms with Crippen LogP contribution >= 0.6 is 0 Å². The number of hydrogen-bond acceptors (Lipinski definition) is 11. The summed E-state index contributed by atoms with van der Waals surface area (Å²) >= 11 is 0. The van der Waals surface area contributed by atoms with Gasteiger partial charge in [0.25, 0.3) is 5.72 Å². The third kappa shape index (κ3) is 12.2. The molecule has 0 aliphatic heterocycles. The van der Waals surface area contributed by atoms with E-state index < -0.39 is 36.3 Å². The molecule has 12 heteroatoms. The van der Waals surface area contributed by atoms with Gasteiger partial charge in [-0.3, -0.25) is 5.32 Å². The average molecular weight is 556 g/mol. The lowest BCUT2D eigenvalue weighted by atomic mass is 10.00. The summed E-state index contributed by atoms with van der Waals surface area (Å²) in [7, 11) is 0. The molecule has 0 amide bonds. The van der Waals surface area contributed by atoms with E-state index in [1.807, 2.05) is 20.8 Å². The first-order chi connectivity index (χ1) is 18.5. The quantitative estimate of drug-likeness (QED) is 0.0858. The second kappa shape index (κ2) is 17.1. The van der Waals surface area contributed by atoms with Crippen molar-refractivity contribution in [2.75, 3.05) is 13.2 Å². The Balaban J connectivity index is 3.37. The Morgan fingerprint density at radius 1 is 0.872 bits per heavy atom. The van der Waals surface area contributed by atoms with Gasteiger partial charge in [-0.1, -0.05) is 39.7 Å². The summed E-state index contributed by atoms with van der Waals surface area (Å²) in [5.74, 6) is -1.83. The topological polar surface area (TPSA) is 156 Å². The maximum absolute atomic E-state index is 12.5. The molecule has 2 atom stereocenters. The maximum Gasteiger partial charge on any atom is 0.513 e. The molecular formula is C27H41NO11. The summed E-state index contributed by atoms with van der Waals surface area (Å²) in [5, 5.41) is 13.0. The summed E-state index contributed by atoms with van der Waals surface area (Å²) in [5.41, 5.74) is -1.95. The zero-order valence-electron chi connectivity index (χ0n) is 23.6. The Kier molecular flexibility index (Phi) is 14.7. The lowest BCUT2D eigenvalue weighted by molar-refractivity contribution is -0.167. The van der Waals surface area contributed by atoms with Gasteiger partial charge in [-0.05, 0) is 57.7 Å². The highest BCUT2D eigenvalue weighted by Crippen LogP contribution is 2.31. The lowest BCUT2D eigenvalue weighted by Gasteiger charge is -2.32. The molecule has 1 aromatic rings. The molecule has 12 nitrogen and oxygen atoms in total. The molecule has 1 rings (SSSR count). The highest BCUT2D eigenvalue weighted by molar-refractivity contribution is 5.80. The van der Waals surface area contributed by atoms with E-state index in [2.05, 4.69) is 5.32 Å². The molecule has 0 saturated carbocycles. The first-order valence-corrected chi connectivity index (χ1v) is 13.2. The minimum Gasteiger partial charge on any atom is -0.477 e. The predicted molar refractivity (Wildman–Crippen MR) is 140 cm³/mol. The van der Waals surface area contributed by atoms with Crippen LogP contribution in [0.25, 0.3) is 0 Å². The van der Waals surface area contributed by atoms with Crippen molar-refractivity contribution in [3.8, 4) is 11.5 Å². The number of aliphatic carboxylic acids is 1. The SMILES string of the molecule is CCCCOC(=O)Oc1ccc(C[C@](NC(C)CC)(OC(=O)OC(C)C)C(=O)O)cc1OC(=O)OCCCC. The molecule has 1 aromatic carbocycles. The summed E-state index contributed by atoms with van der Waals surface area (Å²) in [6, 6.07) is 3.69. The van der Waals surface area contributed by atoms with Crippen molar-refractivity contribution in [1.82, 2.24) is 5.32 Å². The van der Waals surface area contributed by atoms with Crippen molar-refractivity contribution in [2.45, 2.75) is 97.9 Å². The van der Waals surface area contributed by atoms with Gasteiger partial charge in [-0.25, -0.2) is 19.2 Å². The number of rotatable bonds is 16. The predicted octanol–water partition coefficient (Wildman–Crippen LogP) is 5.59. The molecule has 0 heterocycles. The van der Waals surface area contributed by atoms with Crippen molar-refractivity contribution < 1.29 is 52.7 Å². The fourth-order valence-electron chi connectivity index (χ4n) is 3.11. The Morgan fingerprint density at radius 3 is 1.92 bits per heavy atom. The van der Waals surface area contributed by atoms with Gasteiger partial charge in [-0.2, -0.15) is 0 Å². The maximum atomic E-state index is 12.5. The van der Waals surface area contributed by atoms with Gasteiger partial charge in [-0.15, -0.1) is 0 Å². The van der Waals surface area contributed by atoms with Crippen molar-refractivity contribution >= 4 is 24.4 Å². The van der Waals surface area contributed by atoms with Crippen LogP contribution in [-0.2, 0) is 30.2 Å². The molecular weight excluding hydrogens is 514 g/mol. The number of carbonyl (C=O) groups excluding carboxylic acids is 3. The average Bonchev–Trinajstić information content (AvgIpc) is 2.85. The number of hydrogen-bond donors (Lipinski definition) is 2. The van der Waals surface area contributed by atoms with Crippen LogP contribution in [0.3, 0.4) is 0 Å². The summed E-state index contributed by atoms with van der Waals surface area (Å²) in [4.78, 5) is 49.2. The summed E-state index contributed by atoms with van der Waals surface area (Å²) < 4.78 is 30.9. The van der Waals surface area contributed by atoms with Gasteiger partial charge < -0.3 is 33.5 Å². The van der Waals surface area contributed by atoms with Crippen LogP contribution in [0.4, 0.5) is 14.4 Å². The molecule has 0 fully saturated rings. The first-order valence-electron chi connectivity index (χ1n) is 13.2. The minimum absolute atomic E-state index is 0.122. The third-order valence-corrected chi connectivity index (χ3v) is 5.31. The van der Waals surface area contributed by atoms with E-state index in [-0.39, 0.29) is 42.7 Å². The van der Waals surface area contributed by atoms with Crippen LogP contribution in [0.2, 0.25) is 0 Å². The molecule has 0 spiro atoms. The van der Waals surface area contributed by atoms with E-state index in [0.29, 0.717) is 19.3 Å². The van der Waals surface area contributed by atoms with Crippen LogP contribution in [0.15, 0.2) is 18.2 Å². The smallest absolute Gasteiger partial charge is 0.477 e. The number of carboxylic acid groups (broad SMARTS) is 1. The Bertz CT molecular complexity index is 950. The number of carboxylic acids is 1. The number of carbonyl (C=O) groups is 4. The largest absolute Gasteiger partial charge is 0.513 e. The van der Waals surface area contributed by atoms with Gasteiger partial charge in [0.2, 0.25) is 0 Å². The molecule has 2 N–H and O–H groups in total. The molecule has 220 valence electrons. The van der Waals surface area contributed by atoms with E-state index in [9.17, 15) is 24.3 Å². The van der Waals surface area contributed by atoms with Crippen LogP contribution < -0.4 is 14.8 Å².